The van der Waals surface area contributed by atoms with Crippen LogP contribution in [0.2, 0.25) is 5.02 Å². The number of nitrogens with one attached hydrogen (secondary N) is 1. The fourth-order valence-corrected chi connectivity index (χ4v) is 4.23. The van der Waals surface area contributed by atoms with Crippen LogP contribution in [-0.2, 0) is 16.6 Å². The standard InChI is InChI=1S/C14H20ClNO3S/c1-9-3-6-14(10(9)2)16-20(18,19)12-4-5-13(15)11(7-12)8-17/h4-5,7,9-10,14,16-17H,3,6,8H2,1-2H3. The number of aliphatic hydroxyl groups excluding tert-OH is 1. The fraction of sp³-hybridized carbons (Fsp3) is 0.571. The maximum atomic E-state index is 12.4. The summed E-state index contributed by atoms with van der Waals surface area (Å²) in [6, 6.07) is 4.37. The van der Waals surface area contributed by atoms with Crippen molar-refractivity contribution in [3.63, 3.8) is 0 Å². The summed E-state index contributed by atoms with van der Waals surface area (Å²) in [6.07, 6.45) is 1.90. The van der Waals surface area contributed by atoms with Crippen LogP contribution in [0.4, 0.5) is 0 Å². The second-order valence-electron chi connectivity index (χ2n) is 5.55. The zero-order valence-corrected chi connectivity index (χ0v) is 13.2. The molecule has 0 aliphatic heterocycles. The average Bonchev–Trinajstić information content (AvgIpc) is 2.70. The quantitative estimate of drug-likeness (QED) is 0.897. The van der Waals surface area contributed by atoms with Crippen LogP contribution in [0.3, 0.4) is 0 Å². The summed E-state index contributed by atoms with van der Waals surface area (Å²) >= 11 is 5.88. The largest absolute Gasteiger partial charge is 0.392 e. The SMILES string of the molecule is CC1CCC(NS(=O)(=O)c2ccc(Cl)c(CO)c2)C1C. The first-order valence-electron chi connectivity index (χ1n) is 6.76. The maximum absolute atomic E-state index is 12.4. The Kier molecular flexibility index (Phi) is 4.74. The zero-order chi connectivity index (χ0) is 14.9. The van der Waals surface area contributed by atoms with Gasteiger partial charge in [0.05, 0.1) is 11.5 Å². The van der Waals surface area contributed by atoms with Gasteiger partial charge in [0.2, 0.25) is 10.0 Å². The van der Waals surface area contributed by atoms with Gasteiger partial charge in [0.15, 0.2) is 0 Å². The second kappa shape index (κ2) is 6.02. The van der Waals surface area contributed by atoms with E-state index in [0.29, 0.717) is 22.4 Å². The van der Waals surface area contributed by atoms with Gasteiger partial charge in [-0.25, -0.2) is 13.1 Å². The van der Waals surface area contributed by atoms with E-state index in [1.165, 1.54) is 18.2 Å². The molecule has 2 N–H and O–H groups in total. The minimum Gasteiger partial charge on any atom is -0.392 e. The van der Waals surface area contributed by atoms with E-state index in [9.17, 15) is 8.42 Å². The summed E-state index contributed by atoms with van der Waals surface area (Å²) < 4.78 is 27.5. The highest BCUT2D eigenvalue weighted by atomic mass is 35.5. The number of rotatable bonds is 4. The number of hydrogen-bond acceptors (Lipinski definition) is 3. The summed E-state index contributed by atoms with van der Waals surface area (Å²) in [4.78, 5) is 0.151. The summed E-state index contributed by atoms with van der Waals surface area (Å²) in [5.74, 6) is 0.857. The van der Waals surface area contributed by atoms with Crippen molar-refractivity contribution in [3.05, 3.63) is 28.8 Å². The Labute approximate surface area is 125 Å². The molecule has 0 spiro atoms. The second-order valence-corrected chi connectivity index (χ2v) is 7.67. The molecule has 3 unspecified atom stereocenters. The number of halogens is 1. The first-order chi connectivity index (χ1) is 9.35. The highest BCUT2D eigenvalue weighted by molar-refractivity contribution is 7.89. The van der Waals surface area contributed by atoms with Crippen molar-refractivity contribution in [2.75, 3.05) is 0 Å². The lowest BCUT2D eigenvalue weighted by molar-refractivity contribution is 0.281. The number of benzene rings is 1. The van der Waals surface area contributed by atoms with Gasteiger partial charge in [-0.2, -0.15) is 0 Å². The third-order valence-electron chi connectivity index (χ3n) is 4.27. The van der Waals surface area contributed by atoms with Crippen LogP contribution >= 0.6 is 11.6 Å². The lowest BCUT2D eigenvalue weighted by Gasteiger charge is -2.20. The highest BCUT2D eigenvalue weighted by Crippen LogP contribution is 2.32. The summed E-state index contributed by atoms with van der Waals surface area (Å²) in [5.41, 5.74) is 0.419. The predicted molar refractivity (Wildman–Crippen MR) is 79.0 cm³/mol. The van der Waals surface area contributed by atoms with Crippen LogP contribution in [0, 0.1) is 11.8 Å². The molecule has 1 aromatic rings. The topological polar surface area (TPSA) is 66.4 Å². The van der Waals surface area contributed by atoms with Crippen LogP contribution in [0.15, 0.2) is 23.1 Å². The minimum absolute atomic E-state index is 0.0248. The number of sulfonamides is 1. The van der Waals surface area contributed by atoms with Crippen molar-refractivity contribution >= 4 is 21.6 Å². The number of aliphatic hydroxyl groups is 1. The Balaban J connectivity index is 2.22. The Morgan fingerprint density at radius 3 is 2.60 bits per heavy atom. The fourth-order valence-electron chi connectivity index (χ4n) is 2.64. The predicted octanol–water partition coefficient (Wildman–Crippen LogP) is 2.55. The summed E-state index contributed by atoms with van der Waals surface area (Å²) in [5, 5.41) is 9.54. The van der Waals surface area contributed by atoms with Gasteiger partial charge in [-0.05, 0) is 48.4 Å². The Bertz CT molecular complexity index is 588. The lowest BCUT2D eigenvalue weighted by Crippen LogP contribution is -2.37. The molecular weight excluding hydrogens is 298 g/mol. The van der Waals surface area contributed by atoms with E-state index in [-0.39, 0.29) is 17.5 Å². The maximum Gasteiger partial charge on any atom is 0.240 e. The molecule has 3 atom stereocenters. The van der Waals surface area contributed by atoms with E-state index in [1.807, 2.05) is 0 Å². The third kappa shape index (κ3) is 3.17. The smallest absolute Gasteiger partial charge is 0.240 e. The summed E-state index contributed by atoms with van der Waals surface area (Å²) in [6.45, 7) is 3.94. The zero-order valence-electron chi connectivity index (χ0n) is 11.6. The van der Waals surface area contributed by atoms with E-state index in [4.69, 9.17) is 16.7 Å². The highest BCUT2D eigenvalue weighted by Gasteiger charge is 2.33. The molecule has 6 heteroatoms. The molecule has 1 saturated carbocycles. The van der Waals surface area contributed by atoms with Crippen molar-refractivity contribution in [3.8, 4) is 0 Å². The molecule has 0 amide bonds. The van der Waals surface area contributed by atoms with Crippen LogP contribution in [0.25, 0.3) is 0 Å². The molecule has 0 aromatic heterocycles. The van der Waals surface area contributed by atoms with Gasteiger partial charge in [-0.3, -0.25) is 0 Å². The Morgan fingerprint density at radius 2 is 2.05 bits per heavy atom. The van der Waals surface area contributed by atoms with Crippen LogP contribution in [-0.4, -0.2) is 19.6 Å². The molecule has 1 aromatic carbocycles. The van der Waals surface area contributed by atoms with Crippen molar-refractivity contribution in [2.24, 2.45) is 11.8 Å². The monoisotopic (exact) mass is 317 g/mol. The van der Waals surface area contributed by atoms with Gasteiger partial charge in [0.1, 0.15) is 0 Å². The van der Waals surface area contributed by atoms with Gasteiger partial charge in [0, 0.05) is 11.1 Å². The molecule has 0 bridgehead atoms. The Morgan fingerprint density at radius 1 is 1.35 bits per heavy atom. The van der Waals surface area contributed by atoms with E-state index in [1.54, 1.807) is 0 Å². The van der Waals surface area contributed by atoms with Crippen LogP contribution in [0.5, 0.6) is 0 Å². The normalized spacial score (nSPS) is 26.9. The van der Waals surface area contributed by atoms with Gasteiger partial charge < -0.3 is 5.11 Å². The van der Waals surface area contributed by atoms with Gasteiger partial charge in [-0.1, -0.05) is 25.4 Å². The molecule has 0 heterocycles. The van der Waals surface area contributed by atoms with Gasteiger partial charge >= 0.3 is 0 Å². The molecule has 2 rings (SSSR count). The molecule has 0 radical (unpaired) electrons. The number of hydrogen-bond donors (Lipinski definition) is 2. The third-order valence-corrected chi connectivity index (χ3v) is 6.13. The van der Waals surface area contributed by atoms with E-state index < -0.39 is 10.0 Å². The van der Waals surface area contributed by atoms with Crippen molar-refractivity contribution in [2.45, 2.75) is 44.2 Å². The minimum atomic E-state index is -3.57. The van der Waals surface area contributed by atoms with E-state index in [2.05, 4.69) is 18.6 Å². The molecule has 1 aliphatic rings. The van der Waals surface area contributed by atoms with Crippen molar-refractivity contribution < 1.29 is 13.5 Å². The molecule has 20 heavy (non-hydrogen) atoms. The lowest BCUT2D eigenvalue weighted by atomic mass is 9.98. The molecule has 0 saturated heterocycles. The molecule has 1 aliphatic carbocycles. The molecule has 1 fully saturated rings. The van der Waals surface area contributed by atoms with Gasteiger partial charge in [-0.15, -0.1) is 0 Å². The first-order valence-corrected chi connectivity index (χ1v) is 8.63. The van der Waals surface area contributed by atoms with Gasteiger partial charge in [0.25, 0.3) is 0 Å². The average molecular weight is 318 g/mol. The van der Waals surface area contributed by atoms with Crippen LogP contribution in [0.1, 0.15) is 32.3 Å². The van der Waals surface area contributed by atoms with Crippen molar-refractivity contribution in [1.82, 2.24) is 4.72 Å². The van der Waals surface area contributed by atoms with Crippen LogP contribution < -0.4 is 4.72 Å². The van der Waals surface area contributed by atoms with E-state index >= 15 is 0 Å². The van der Waals surface area contributed by atoms with E-state index in [0.717, 1.165) is 12.8 Å². The molecular formula is C14H20ClNO3S. The van der Waals surface area contributed by atoms with Crippen molar-refractivity contribution in [1.29, 1.82) is 0 Å². The summed E-state index contributed by atoms with van der Waals surface area (Å²) in [7, 11) is -3.57. The molecule has 112 valence electrons. The molecule has 4 nitrogen and oxygen atoms in total. The first kappa shape index (κ1) is 15.8. The Hall–Kier alpha value is -0.620.